The summed E-state index contributed by atoms with van der Waals surface area (Å²) in [5.41, 5.74) is 0. The number of carbonyl (C=O) groups excluding carboxylic acids is 1. The molecule has 2 aliphatic heterocycles. The number of hydrogen-bond donors (Lipinski definition) is 0. The van der Waals surface area contributed by atoms with Crippen LogP contribution in [0.3, 0.4) is 0 Å². The molecule has 3 heterocycles. The van der Waals surface area contributed by atoms with Crippen molar-refractivity contribution < 1.29 is 13.2 Å². The molecule has 0 radical (unpaired) electrons. The van der Waals surface area contributed by atoms with Crippen molar-refractivity contribution in [2.24, 2.45) is 0 Å². The average molecular weight is 381 g/mol. The highest BCUT2D eigenvalue weighted by atomic mass is 32.2. The van der Waals surface area contributed by atoms with Crippen molar-refractivity contribution in [3.05, 3.63) is 18.3 Å². The number of anilines is 1. The fraction of sp³-hybridized carbons (Fsp3) is 0.667. The Hall–Kier alpha value is -1.67. The molecule has 1 atom stereocenters. The first-order valence-electron chi connectivity index (χ1n) is 9.28. The van der Waals surface area contributed by atoms with Gasteiger partial charge in [-0.25, -0.2) is 13.4 Å². The van der Waals surface area contributed by atoms with Crippen LogP contribution in [-0.2, 0) is 14.6 Å². The third-order valence-corrected chi connectivity index (χ3v) is 6.42. The van der Waals surface area contributed by atoms with Gasteiger partial charge in [-0.3, -0.25) is 9.69 Å². The molecule has 1 aromatic heterocycles. The van der Waals surface area contributed by atoms with Gasteiger partial charge >= 0.3 is 0 Å². The second-order valence-electron chi connectivity index (χ2n) is 7.29. The molecular formula is C18H28N4O3S. The Balaban J connectivity index is 1.59. The van der Waals surface area contributed by atoms with Crippen LogP contribution in [0.15, 0.2) is 23.2 Å². The van der Waals surface area contributed by atoms with E-state index >= 15 is 0 Å². The molecule has 3 rings (SSSR count). The lowest BCUT2D eigenvalue weighted by molar-refractivity contribution is -0.135. The minimum absolute atomic E-state index is 0.209. The zero-order valence-electron chi connectivity index (χ0n) is 15.6. The lowest BCUT2D eigenvalue weighted by Gasteiger charge is -2.38. The summed E-state index contributed by atoms with van der Waals surface area (Å²) < 4.78 is 24.0. The summed E-state index contributed by atoms with van der Waals surface area (Å²) in [5, 5.41) is 0. The maximum absolute atomic E-state index is 12.6. The first-order chi connectivity index (χ1) is 12.4. The Labute approximate surface area is 155 Å². The average Bonchev–Trinajstić information content (AvgIpc) is 2.62. The molecule has 0 N–H and O–H groups in total. The van der Waals surface area contributed by atoms with Crippen molar-refractivity contribution in [2.75, 3.05) is 50.4 Å². The lowest BCUT2D eigenvalue weighted by Crippen LogP contribution is -2.52. The molecule has 0 spiro atoms. The fourth-order valence-corrected chi connectivity index (χ4v) is 4.62. The Morgan fingerprint density at radius 3 is 2.58 bits per heavy atom. The third-order valence-electron chi connectivity index (χ3n) is 5.30. The number of pyridine rings is 1. The predicted molar refractivity (Wildman–Crippen MR) is 101 cm³/mol. The molecule has 0 unspecified atom stereocenters. The van der Waals surface area contributed by atoms with E-state index < -0.39 is 9.84 Å². The molecule has 2 saturated heterocycles. The first-order valence-corrected chi connectivity index (χ1v) is 11.2. The highest BCUT2D eigenvalue weighted by Gasteiger charge is 2.27. The van der Waals surface area contributed by atoms with Gasteiger partial charge in [-0.15, -0.1) is 0 Å². The Morgan fingerprint density at radius 2 is 1.92 bits per heavy atom. The Kier molecular flexibility index (Phi) is 5.82. The second kappa shape index (κ2) is 7.92. The van der Waals surface area contributed by atoms with Crippen LogP contribution in [0.2, 0.25) is 0 Å². The molecule has 2 aliphatic rings. The van der Waals surface area contributed by atoms with Gasteiger partial charge in [-0.1, -0.05) is 0 Å². The van der Waals surface area contributed by atoms with Crippen LogP contribution in [-0.4, -0.2) is 80.7 Å². The topological polar surface area (TPSA) is 73.8 Å². The molecule has 1 aromatic rings. The van der Waals surface area contributed by atoms with Crippen molar-refractivity contribution in [3.8, 4) is 0 Å². The van der Waals surface area contributed by atoms with E-state index in [4.69, 9.17) is 0 Å². The fourth-order valence-electron chi connectivity index (χ4n) is 3.78. The summed E-state index contributed by atoms with van der Waals surface area (Å²) in [7, 11) is -3.31. The number of sulfone groups is 1. The SMILES string of the molecule is C[C@H]1CCCCN1C(=O)CN1CCN(c2ncccc2S(C)(=O)=O)CC1. The molecular weight excluding hydrogens is 352 g/mol. The van der Waals surface area contributed by atoms with Gasteiger partial charge in [-0.2, -0.15) is 0 Å². The minimum Gasteiger partial charge on any atom is -0.353 e. The molecule has 0 bridgehead atoms. The number of aromatic nitrogens is 1. The maximum atomic E-state index is 12.6. The largest absolute Gasteiger partial charge is 0.353 e. The van der Waals surface area contributed by atoms with Crippen LogP contribution in [0.5, 0.6) is 0 Å². The molecule has 144 valence electrons. The van der Waals surface area contributed by atoms with E-state index in [0.717, 1.165) is 32.5 Å². The third kappa shape index (κ3) is 4.35. The lowest BCUT2D eigenvalue weighted by atomic mass is 10.0. The zero-order valence-corrected chi connectivity index (χ0v) is 16.4. The van der Waals surface area contributed by atoms with Crippen LogP contribution in [0.25, 0.3) is 0 Å². The van der Waals surface area contributed by atoms with E-state index in [1.54, 1.807) is 18.3 Å². The number of rotatable bonds is 4. The molecule has 2 fully saturated rings. The Bertz CT molecular complexity index is 745. The van der Waals surface area contributed by atoms with E-state index in [1.807, 2.05) is 9.80 Å². The molecule has 0 aromatic carbocycles. The minimum atomic E-state index is -3.31. The molecule has 7 nitrogen and oxygen atoms in total. The van der Waals surface area contributed by atoms with Crippen LogP contribution in [0, 0.1) is 0 Å². The van der Waals surface area contributed by atoms with Crippen molar-refractivity contribution in [2.45, 2.75) is 37.1 Å². The standard InChI is InChI=1S/C18H28N4O3S/c1-15-6-3-4-9-22(15)17(23)14-20-10-12-21(13-11-20)18-16(26(2,24)25)7-5-8-19-18/h5,7-8,15H,3-4,6,9-14H2,1-2H3/t15-/m0/s1. The monoisotopic (exact) mass is 380 g/mol. The van der Waals surface area contributed by atoms with E-state index in [0.29, 0.717) is 31.5 Å². The molecule has 26 heavy (non-hydrogen) atoms. The van der Waals surface area contributed by atoms with Gasteiger partial charge < -0.3 is 9.80 Å². The molecule has 0 aliphatic carbocycles. The van der Waals surface area contributed by atoms with Gasteiger partial charge in [0.1, 0.15) is 10.7 Å². The first kappa shape index (κ1) is 19.1. The van der Waals surface area contributed by atoms with Crippen LogP contribution >= 0.6 is 0 Å². The van der Waals surface area contributed by atoms with Crippen molar-refractivity contribution in [1.82, 2.24) is 14.8 Å². The van der Waals surface area contributed by atoms with Gasteiger partial charge in [0, 0.05) is 51.2 Å². The highest BCUT2D eigenvalue weighted by molar-refractivity contribution is 7.90. The van der Waals surface area contributed by atoms with Crippen molar-refractivity contribution >= 4 is 21.6 Å². The number of nitrogens with zero attached hydrogens (tertiary/aromatic N) is 4. The van der Waals surface area contributed by atoms with E-state index in [2.05, 4.69) is 16.8 Å². The summed E-state index contributed by atoms with van der Waals surface area (Å²) in [6.45, 7) is 6.24. The van der Waals surface area contributed by atoms with E-state index in [9.17, 15) is 13.2 Å². The summed E-state index contributed by atoms with van der Waals surface area (Å²) in [6, 6.07) is 3.59. The van der Waals surface area contributed by atoms with Crippen LogP contribution < -0.4 is 4.90 Å². The summed E-state index contributed by atoms with van der Waals surface area (Å²) in [4.78, 5) is 23.3. The smallest absolute Gasteiger partial charge is 0.236 e. The maximum Gasteiger partial charge on any atom is 0.236 e. The second-order valence-corrected chi connectivity index (χ2v) is 9.28. The summed E-state index contributed by atoms with van der Waals surface area (Å²) in [6.07, 6.45) is 6.22. The predicted octanol–water partition coefficient (Wildman–Crippen LogP) is 1.01. The molecule has 0 saturated carbocycles. The summed E-state index contributed by atoms with van der Waals surface area (Å²) >= 11 is 0. The van der Waals surface area contributed by atoms with Crippen LogP contribution in [0.4, 0.5) is 5.82 Å². The number of hydrogen-bond acceptors (Lipinski definition) is 6. The van der Waals surface area contributed by atoms with Gasteiger partial charge in [0.2, 0.25) is 5.91 Å². The van der Waals surface area contributed by atoms with E-state index in [1.165, 1.54) is 12.7 Å². The van der Waals surface area contributed by atoms with Gasteiger partial charge in [0.05, 0.1) is 6.54 Å². The van der Waals surface area contributed by atoms with E-state index in [-0.39, 0.29) is 10.8 Å². The number of likely N-dealkylation sites (tertiary alicyclic amines) is 1. The van der Waals surface area contributed by atoms with Gasteiger partial charge in [0.15, 0.2) is 9.84 Å². The summed E-state index contributed by atoms with van der Waals surface area (Å²) in [5.74, 6) is 0.728. The number of carbonyl (C=O) groups is 1. The quantitative estimate of drug-likeness (QED) is 0.776. The van der Waals surface area contributed by atoms with Crippen LogP contribution in [0.1, 0.15) is 26.2 Å². The molecule has 8 heteroatoms. The molecule has 1 amide bonds. The number of piperazine rings is 1. The van der Waals surface area contributed by atoms with Crippen molar-refractivity contribution in [3.63, 3.8) is 0 Å². The Morgan fingerprint density at radius 1 is 1.19 bits per heavy atom. The van der Waals surface area contributed by atoms with Gasteiger partial charge in [0.25, 0.3) is 0 Å². The normalized spacial score (nSPS) is 22.5. The highest BCUT2D eigenvalue weighted by Crippen LogP contribution is 2.23. The zero-order chi connectivity index (χ0) is 18.7. The number of piperidine rings is 1. The van der Waals surface area contributed by atoms with Crippen molar-refractivity contribution in [1.29, 1.82) is 0 Å². The van der Waals surface area contributed by atoms with Gasteiger partial charge in [-0.05, 0) is 38.3 Å². The number of amides is 1.